The van der Waals surface area contributed by atoms with Crippen molar-refractivity contribution in [1.29, 1.82) is 0 Å². The number of likely N-dealkylation sites (tertiary alicyclic amines) is 1. The first kappa shape index (κ1) is 18.3. The van der Waals surface area contributed by atoms with Crippen molar-refractivity contribution in [3.05, 3.63) is 29.3 Å². The predicted octanol–water partition coefficient (Wildman–Crippen LogP) is 2.65. The Morgan fingerprint density at radius 1 is 1.00 bits per heavy atom. The predicted molar refractivity (Wildman–Crippen MR) is 107 cm³/mol. The molecule has 0 spiro atoms. The molecule has 3 rings (SSSR count). The molecule has 138 valence electrons. The number of rotatable bonds is 5. The van der Waals surface area contributed by atoms with Crippen molar-refractivity contribution >= 4 is 23.2 Å². The number of anilines is 1. The van der Waals surface area contributed by atoms with Crippen molar-refractivity contribution in [3.8, 4) is 0 Å². The molecular weight excluding hydrogens is 334 g/mol. The van der Waals surface area contributed by atoms with Crippen LogP contribution in [0.1, 0.15) is 25.7 Å². The molecule has 5 nitrogen and oxygen atoms in total. The number of guanidine groups is 1. The van der Waals surface area contributed by atoms with Gasteiger partial charge in [-0.05, 0) is 37.8 Å². The number of hydrogen-bond acceptors (Lipinski definition) is 3. The van der Waals surface area contributed by atoms with Gasteiger partial charge in [-0.3, -0.25) is 9.89 Å². The van der Waals surface area contributed by atoms with E-state index in [-0.39, 0.29) is 0 Å². The Bertz CT molecular complexity index is 563. The summed E-state index contributed by atoms with van der Waals surface area (Å²) in [6.07, 6.45) is 4.88. The van der Waals surface area contributed by atoms with Crippen LogP contribution >= 0.6 is 11.6 Å². The molecule has 1 aromatic carbocycles. The average Bonchev–Trinajstić information content (AvgIpc) is 2.67. The van der Waals surface area contributed by atoms with Crippen molar-refractivity contribution in [2.75, 3.05) is 57.3 Å². The van der Waals surface area contributed by atoms with Gasteiger partial charge in [0.25, 0.3) is 0 Å². The molecule has 1 aromatic rings. The normalized spacial score (nSPS) is 20.1. The fourth-order valence-electron chi connectivity index (χ4n) is 3.63. The molecule has 25 heavy (non-hydrogen) atoms. The fourth-order valence-corrected chi connectivity index (χ4v) is 3.89. The molecule has 2 fully saturated rings. The molecule has 6 heteroatoms. The van der Waals surface area contributed by atoms with Crippen molar-refractivity contribution in [3.63, 3.8) is 0 Å². The highest BCUT2D eigenvalue weighted by atomic mass is 35.5. The highest BCUT2D eigenvalue weighted by molar-refractivity contribution is 6.33. The Hall–Kier alpha value is -1.46. The molecule has 2 heterocycles. The number of piperidine rings is 1. The van der Waals surface area contributed by atoms with E-state index in [2.05, 4.69) is 31.8 Å². The highest BCUT2D eigenvalue weighted by Gasteiger charge is 2.18. The summed E-state index contributed by atoms with van der Waals surface area (Å²) in [5, 5.41) is 0.846. The first-order chi connectivity index (χ1) is 12.2. The van der Waals surface area contributed by atoms with Crippen LogP contribution in [-0.2, 0) is 0 Å². The first-order valence-corrected chi connectivity index (χ1v) is 9.88. The monoisotopic (exact) mass is 363 g/mol. The van der Waals surface area contributed by atoms with Crippen LogP contribution in [0.2, 0.25) is 5.02 Å². The lowest BCUT2D eigenvalue weighted by molar-refractivity contribution is 0.256. The number of benzene rings is 1. The summed E-state index contributed by atoms with van der Waals surface area (Å²) in [5.41, 5.74) is 7.26. The topological polar surface area (TPSA) is 48.1 Å². The lowest BCUT2D eigenvalue weighted by Gasteiger charge is -2.36. The molecular formula is C19H30ClN5. The molecule has 0 bridgehead atoms. The van der Waals surface area contributed by atoms with E-state index in [0.717, 1.165) is 75.4 Å². The summed E-state index contributed by atoms with van der Waals surface area (Å²) in [4.78, 5) is 11.7. The van der Waals surface area contributed by atoms with Gasteiger partial charge in [0, 0.05) is 52.4 Å². The molecule has 0 amide bonds. The summed E-state index contributed by atoms with van der Waals surface area (Å²) >= 11 is 6.30. The van der Waals surface area contributed by atoms with Crippen LogP contribution < -0.4 is 10.6 Å². The molecule has 0 atom stereocenters. The van der Waals surface area contributed by atoms with E-state index in [1.54, 1.807) is 0 Å². The smallest absolute Gasteiger partial charge is 0.191 e. The number of halogens is 1. The third-order valence-corrected chi connectivity index (χ3v) is 5.47. The summed E-state index contributed by atoms with van der Waals surface area (Å²) in [5.74, 6) is 0.739. The minimum atomic E-state index is 0.739. The Morgan fingerprint density at radius 2 is 1.72 bits per heavy atom. The van der Waals surface area contributed by atoms with Gasteiger partial charge in [0.05, 0.1) is 10.7 Å². The zero-order chi connectivity index (χ0) is 17.5. The Balaban J connectivity index is 1.36. The quantitative estimate of drug-likeness (QED) is 0.496. The van der Waals surface area contributed by atoms with E-state index in [1.165, 1.54) is 19.3 Å². The van der Waals surface area contributed by atoms with Crippen LogP contribution in [0.4, 0.5) is 5.69 Å². The molecule has 2 aliphatic heterocycles. The molecule has 0 unspecified atom stereocenters. The molecule has 2 saturated heterocycles. The highest BCUT2D eigenvalue weighted by Crippen LogP contribution is 2.25. The van der Waals surface area contributed by atoms with Gasteiger partial charge in [0.15, 0.2) is 5.96 Å². The Labute approximate surface area is 156 Å². The average molecular weight is 364 g/mol. The maximum Gasteiger partial charge on any atom is 0.191 e. The maximum atomic E-state index is 6.30. The van der Waals surface area contributed by atoms with Gasteiger partial charge in [-0.2, -0.15) is 0 Å². The largest absolute Gasteiger partial charge is 0.370 e. The zero-order valence-electron chi connectivity index (χ0n) is 15.0. The third kappa shape index (κ3) is 5.25. The number of para-hydroxylation sites is 1. The van der Waals surface area contributed by atoms with Gasteiger partial charge in [-0.25, -0.2) is 0 Å². The third-order valence-electron chi connectivity index (χ3n) is 5.15. The van der Waals surface area contributed by atoms with Crippen molar-refractivity contribution < 1.29 is 0 Å². The summed E-state index contributed by atoms with van der Waals surface area (Å²) in [7, 11) is 0. The van der Waals surface area contributed by atoms with Gasteiger partial charge in [0.1, 0.15) is 0 Å². The molecule has 2 N–H and O–H groups in total. The molecule has 0 aliphatic carbocycles. The molecule has 0 aromatic heterocycles. The summed E-state index contributed by atoms with van der Waals surface area (Å²) in [6, 6.07) is 8.11. The Kier molecular flexibility index (Phi) is 6.82. The van der Waals surface area contributed by atoms with Gasteiger partial charge in [-0.15, -0.1) is 0 Å². The van der Waals surface area contributed by atoms with E-state index >= 15 is 0 Å². The number of aliphatic imine (C=N–C) groups is 1. The van der Waals surface area contributed by atoms with Crippen molar-refractivity contribution in [1.82, 2.24) is 9.80 Å². The zero-order valence-corrected chi connectivity index (χ0v) is 15.8. The second-order valence-corrected chi connectivity index (χ2v) is 7.33. The van der Waals surface area contributed by atoms with E-state index in [0.29, 0.717) is 0 Å². The lowest BCUT2D eigenvalue weighted by Crippen LogP contribution is -2.46. The number of nitrogens with zero attached hydrogens (tertiary/aromatic N) is 4. The van der Waals surface area contributed by atoms with E-state index < -0.39 is 0 Å². The number of piperazine rings is 1. The van der Waals surface area contributed by atoms with E-state index in [4.69, 9.17) is 17.3 Å². The SMILES string of the molecule is NC(=NCCCN1CCN(c2ccccc2Cl)CC1)N1CCCCC1. The van der Waals surface area contributed by atoms with Gasteiger partial charge < -0.3 is 15.5 Å². The second-order valence-electron chi connectivity index (χ2n) is 6.92. The van der Waals surface area contributed by atoms with Crippen LogP contribution in [0.25, 0.3) is 0 Å². The lowest BCUT2D eigenvalue weighted by atomic mass is 10.1. The number of hydrogen-bond donors (Lipinski definition) is 1. The first-order valence-electron chi connectivity index (χ1n) is 9.51. The van der Waals surface area contributed by atoms with Gasteiger partial charge >= 0.3 is 0 Å². The summed E-state index contributed by atoms with van der Waals surface area (Å²) in [6.45, 7) is 8.28. The van der Waals surface area contributed by atoms with Crippen molar-refractivity contribution in [2.45, 2.75) is 25.7 Å². The standard InChI is InChI=1S/C19H30ClN5/c20-17-7-2-3-8-18(17)24-15-13-23(14-16-24)10-6-9-22-19(21)25-11-4-1-5-12-25/h2-3,7-8H,1,4-6,9-16H2,(H2,21,22). The van der Waals surface area contributed by atoms with Crippen LogP contribution in [0.5, 0.6) is 0 Å². The molecule has 0 radical (unpaired) electrons. The maximum absolute atomic E-state index is 6.30. The molecule has 0 saturated carbocycles. The van der Waals surface area contributed by atoms with Crippen LogP contribution in [0, 0.1) is 0 Å². The number of nitrogens with two attached hydrogens (primary N) is 1. The Morgan fingerprint density at radius 3 is 2.44 bits per heavy atom. The minimum absolute atomic E-state index is 0.739. The molecule has 2 aliphatic rings. The van der Waals surface area contributed by atoms with Crippen LogP contribution in [0.3, 0.4) is 0 Å². The van der Waals surface area contributed by atoms with E-state index in [1.807, 2.05) is 12.1 Å². The second kappa shape index (κ2) is 9.30. The van der Waals surface area contributed by atoms with Gasteiger partial charge in [0.2, 0.25) is 0 Å². The van der Waals surface area contributed by atoms with Crippen LogP contribution in [-0.4, -0.2) is 68.1 Å². The van der Waals surface area contributed by atoms with Gasteiger partial charge in [-0.1, -0.05) is 23.7 Å². The summed E-state index contributed by atoms with van der Waals surface area (Å²) < 4.78 is 0. The van der Waals surface area contributed by atoms with E-state index in [9.17, 15) is 0 Å². The van der Waals surface area contributed by atoms with Crippen molar-refractivity contribution in [2.24, 2.45) is 10.7 Å². The fraction of sp³-hybridized carbons (Fsp3) is 0.632. The van der Waals surface area contributed by atoms with Crippen LogP contribution in [0.15, 0.2) is 29.3 Å². The minimum Gasteiger partial charge on any atom is -0.370 e.